The van der Waals surface area contributed by atoms with Crippen molar-refractivity contribution in [3.8, 4) is 0 Å². The Morgan fingerprint density at radius 1 is 1.09 bits per heavy atom. The topological polar surface area (TPSA) is 97.1 Å². The Labute approximate surface area is 187 Å². The van der Waals surface area contributed by atoms with Gasteiger partial charge in [0, 0.05) is 41.8 Å². The van der Waals surface area contributed by atoms with Gasteiger partial charge in [0.05, 0.1) is 12.1 Å². The molecule has 168 valence electrons. The summed E-state index contributed by atoms with van der Waals surface area (Å²) in [4.78, 5) is 34.3. The lowest BCUT2D eigenvalue weighted by molar-refractivity contribution is -0.125. The number of rotatable bonds is 4. The second kappa shape index (κ2) is 7.78. The number of nitrogens with zero attached hydrogens (tertiary/aromatic N) is 3. The van der Waals surface area contributed by atoms with E-state index in [1.54, 1.807) is 0 Å². The van der Waals surface area contributed by atoms with Crippen molar-refractivity contribution in [2.75, 3.05) is 24.7 Å². The number of H-pyrrole nitrogens is 2. The van der Waals surface area contributed by atoms with Gasteiger partial charge in [-0.3, -0.25) is 19.6 Å². The number of anilines is 1. The van der Waals surface area contributed by atoms with Gasteiger partial charge in [0.15, 0.2) is 11.1 Å². The van der Waals surface area contributed by atoms with Crippen LogP contribution in [0.4, 0.5) is 5.69 Å². The highest BCUT2D eigenvalue weighted by atomic mass is 16.2. The molecule has 1 unspecified atom stereocenters. The summed E-state index contributed by atoms with van der Waals surface area (Å²) in [5.74, 6) is 0.110. The number of piperidine rings is 1. The molecular formula is C24H30N6O2. The molecule has 8 heteroatoms. The van der Waals surface area contributed by atoms with Crippen LogP contribution in [0.5, 0.6) is 0 Å². The van der Waals surface area contributed by atoms with Gasteiger partial charge in [-0.05, 0) is 45.2 Å². The number of amides is 1. The Morgan fingerprint density at radius 3 is 2.50 bits per heavy atom. The Hall–Kier alpha value is -3.13. The van der Waals surface area contributed by atoms with Crippen LogP contribution >= 0.6 is 0 Å². The number of aromatic nitrogens is 3. The van der Waals surface area contributed by atoms with Crippen molar-refractivity contribution in [3.05, 3.63) is 57.5 Å². The lowest BCUT2D eigenvalue weighted by Gasteiger charge is -2.45. The second-order valence-corrected chi connectivity index (χ2v) is 8.98. The fourth-order valence-electron chi connectivity index (χ4n) is 5.63. The average Bonchev–Trinajstić information content (AvgIpc) is 3.32. The van der Waals surface area contributed by atoms with Gasteiger partial charge in [-0.1, -0.05) is 25.1 Å². The Morgan fingerprint density at radius 2 is 1.81 bits per heavy atom. The van der Waals surface area contributed by atoms with Crippen LogP contribution in [0.25, 0.3) is 11.0 Å². The van der Waals surface area contributed by atoms with E-state index in [1.165, 1.54) is 0 Å². The number of aryl methyl sites for hydroxylation is 2. The predicted molar refractivity (Wildman–Crippen MR) is 125 cm³/mol. The summed E-state index contributed by atoms with van der Waals surface area (Å²) in [6.45, 7) is 8.02. The summed E-state index contributed by atoms with van der Waals surface area (Å²) in [6.07, 6.45) is 2.29. The zero-order valence-corrected chi connectivity index (χ0v) is 18.9. The molecule has 3 aromatic rings. The van der Waals surface area contributed by atoms with E-state index in [0.717, 1.165) is 55.0 Å². The van der Waals surface area contributed by atoms with Gasteiger partial charge in [0.2, 0.25) is 5.91 Å². The number of fused-ring (bicyclic) bond motifs is 1. The third-order valence-corrected chi connectivity index (χ3v) is 7.32. The van der Waals surface area contributed by atoms with Crippen molar-refractivity contribution in [1.82, 2.24) is 25.4 Å². The summed E-state index contributed by atoms with van der Waals surface area (Å²) in [6, 6.07) is 10.1. The minimum atomic E-state index is -0.525. The number of aromatic amines is 2. The number of likely N-dealkylation sites (tertiary alicyclic amines) is 1. The van der Waals surface area contributed by atoms with Crippen molar-refractivity contribution in [2.24, 2.45) is 0 Å². The molecule has 2 aromatic heterocycles. The summed E-state index contributed by atoms with van der Waals surface area (Å²) >= 11 is 0. The molecule has 0 saturated carbocycles. The van der Waals surface area contributed by atoms with Gasteiger partial charge in [-0.2, -0.15) is 5.10 Å². The molecule has 3 N–H and O–H groups in total. The van der Waals surface area contributed by atoms with Crippen molar-refractivity contribution < 1.29 is 4.79 Å². The van der Waals surface area contributed by atoms with Crippen LogP contribution in [0.1, 0.15) is 49.2 Å². The van der Waals surface area contributed by atoms with Gasteiger partial charge in [0.25, 0.3) is 0 Å². The van der Waals surface area contributed by atoms with Crippen LogP contribution in [0.2, 0.25) is 0 Å². The fraction of sp³-hybridized carbons (Fsp3) is 0.458. The third-order valence-electron chi connectivity index (χ3n) is 7.32. The minimum absolute atomic E-state index is 0.00411. The van der Waals surface area contributed by atoms with Crippen LogP contribution in [0, 0.1) is 13.8 Å². The highest BCUT2D eigenvalue weighted by Gasteiger charge is 2.51. The first kappa shape index (κ1) is 20.8. The molecule has 1 aromatic carbocycles. The number of nitrogens with one attached hydrogen (secondary N) is 3. The van der Waals surface area contributed by atoms with E-state index in [2.05, 4.69) is 49.4 Å². The first-order chi connectivity index (χ1) is 15.5. The van der Waals surface area contributed by atoms with E-state index in [0.29, 0.717) is 17.7 Å². The number of benzene rings is 1. The van der Waals surface area contributed by atoms with Crippen molar-refractivity contribution in [3.63, 3.8) is 0 Å². The first-order valence-corrected chi connectivity index (χ1v) is 11.4. The lowest BCUT2D eigenvalue weighted by atomic mass is 9.84. The van der Waals surface area contributed by atoms with Gasteiger partial charge in [-0.15, -0.1) is 0 Å². The van der Waals surface area contributed by atoms with Crippen LogP contribution in [-0.2, 0) is 4.79 Å². The first-order valence-electron chi connectivity index (χ1n) is 11.4. The predicted octanol–water partition coefficient (Wildman–Crippen LogP) is 2.75. The van der Waals surface area contributed by atoms with E-state index >= 15 is 0 Å². The number of carbonyl (C=O) groups is 1. The molecule has 8 nitrogen and oxygen atoms in total. The molecule has 1 spiro atoms. The third kappa shape index (κ3) is 3.04. The van der Waals surface area contributed by atoms with Gasteiger partial charge < -0.3 is 15.2 Å². The minimum Gasteiger partial charge on any atom is -0.341 e. The molecule has 32 heavy (non-hydrogen) atoms. The fourth-order valence-corrected chi connectivity index (χ4v) is 5.63. The molecule has 5 rings (SSSR count). The number of hydrogen-bond donors (Lipinski definition) is 3. The van der Waals surface area contributed by atoms with Gasteiger partial charge in [-0.25, -0.2) is 0 Å². The van der Waals surface area contributed by atoms with E-state index in [9.17, 15) is 9.59 Å². The van der Waals surface area contributed by atoms with Crippen molar-refractivity contribution >= 4 is 22.6 Å². The van der Waals surface area contributed by atoms with Crippen molar-refractivity contribution in [2.45, 2.75) is 51.6 Å². The van der Waals surface area contributed by atoms with Gasteiger partial charge >= 0.3 is 0 Å². The SMILES string of the molecule is CCC(c1c(C)[nH]c2n[nH]c(C)c2c1=O)N1CCC2(CC1)C(=O)NCN2c1ccccc1. The monoisotopic (exact) mass is 434 g/mol. The molecule has 2 fully saturated rings. The largest absolute Gasteiger partial charge is 0.341 e. The number of hydrogen-bond acceptors (Lipinski definition) is 5. The summed E-state index contributed by atoms with van der Waals surface area (Å²) in [5.41, 5.74) is 3.68. The maximum absolute atomic E-state index is 13.4. The molecular weight excluding hydrogens is 404 g/mol. The molecule has 2 saturated heterocycles. The molecule has 2 aliphatic heterocycles. The quantitative estimate of drug-likeness (QED) is 0.587. The summed E-state index contributed by atoms with van der Waals surface area (Å²) in [7, 11) is 0. The highest BCUT2D eigenvalue weighted by molar-refractivity contribution is 5.93. The van der Waals surface area contributed by atoms with E-state index in [4.69, 9.17) is 0 Å². The molecule has 4 heterocycles. The number of pyridine rings is 1. The van der Waals surface area contributed by atoms with Crippen LogP contribution < -0.4 is 15.6 Å². The maximum atomic E-state index is 13.4. The van der Waals surface area contributed by atoms with E-state index in [1.807, 2.05) is 32.0 Å². The summed E-state index contributed by atoms with van der Waals surface area (Å²) in [5, 5.41) is 10.9. The highest BCUT2D eigenvalue weighted by Crippen LogP contribution is 2.39. The zero-order valence-electron chi connectivity index (χ0n) is 18.9. The Bertz CT molecular complexity index is 1210. The van der Waals surface area contributed by atoms with E-state index < -0.39 is 5.54 Å². The molecule has 0 radical (unpaired) electrons. The molecule has 1 amide bonds. The number of carbonyl (C=O) groups excluding carboxylic acids is 1. The van der Waals surface area contributed by atoms with Crippen molar-refractivity contribution in [1.29, 1.82) is 0 Å². The Kier molecular flexibility index (Phi) is 5.04. The molecule has 1 atom stereocenters. The standard InChI is InChI=1S/C24H30N6O2/c1-4-18(19-15(2)26-22-20(21(19)31)16(3)27-28-22)29-12-10-24(11-13-29)23(32)25-14-30(24)17-8-6-5-7-9-17/h5-9,18H,4,10-14H2,1-3H3,(H,25,32)(H2,26,27,28,31). The number of para-hydroxylation sites is 1. The zero-order chi connectivity index (χ0) is 22.5. The summed E-state index contributed by atoms with van der Waals surface area (Å²) < 4.78 is 0. The normalized spacial score (nSPS) is 19.6. The second-order valence-electron chi connectivity index (χ2n) is 8.98. The maximum Gasteiger partial charge on any atom is 0.247 e. The smallest absolute Gasteiger partial charge is 0.247 e. The van der Waals surface area contributed by atoms with Crippen LogP contribution in [0.15, 0.2) is 35.1 Å². The average molecular weight is 435 g/mol. The van der Waals surface area contributed by atoms with Gasteiger partial charge in [0.1, 0.15) is 5.54 Å². The van der Waals surface area contributed by atoms with Crippen LogP contribution in [0.3, 0.4) is 0 Å². The molecule has 0 bridgehead atoms. The van der Waals surface area contributed by atoms with Crippen LogP contribution in [-0.4, -0.2) is 51.3 Å². The molecule has 2 aliphatic rings. The Balaban J connectivity index is 1.44. The lowest BCUT2D eigenvalue weighted by Crippen LogP contribution is -2.57. The van der Waals surface area contributed by atoms with E-state index in [-0.39, 0.29) is 17.4 Å². The molecule has 0 aliphatic carbocycles.